The maximum absolute atomic E-state index is 10.0. The molecule has 1 heterocycles. The number of nitrogens with zero attached hydrogens (tertiary/aromatic N) is 1. The molecule has 0 aliphatic carbocycles. The Morgan fingerprint density at radius 2 is 1.89 bits per heavy atom. The van der Waals surface area contributed by atoms with E-state index in [4.69, 9.17) is 0 Å². The molecule has 1 aliphatic rings. The zero-order valence-electron chi connectivity index (χ0n) is 11.1. The van der Waals surface area contributed by atoms with Crippen LogP contribution in [-0.4, -0.2) is 28.2 Å². The SMILES string of the molecule is CCCC(c1ccc(O)cc1O)N1CCCCC1. The monoisotopic (exact) mass is 249 g/mol. The minimum absolute atomic E-state index is 0.130. The van der Waals surface area contributed by atoms with Crippen LogP contribution in [0.2, 0.25) is 0 Å². The molecule has 1 aromatic carbocycles. The number of phenols is 2. The molecule has 100 valence electrons. The predicted molar refractivity (Wildman–Crippen MR) is 72.8 cm³/mol. The maximum atomic E-state index is 10.0. The van der Waals surface area contributed by atoms with Crippen LogP contribution in [0.5, 0.6) is 11.5 Å². The smallest absolute Gasteiger partial charge is 0.124 e. The van der Waals surface area contributed by atoms with E-state index in [1.807, 2.05) is 6.07 Å². The van der Waals surface area contributed by atoms with Crippen molar-refractivity contribution in [3.63, 3.8) is 0 Å². The molecule has 1 aliphatic heterocycles. The first kappa shape index (κ1) is 13.2. The number of likely N-dealkylation sites (tertiary alicyclic amines) is 1. The Kier molecular flexibility index (Phi) is 4.48. The molecule has 1 fully saturated rings. The van der Waals surface area contributed by atoms with Crippen LogP contribution in [-0.2, 0) is 0 Å². The quantitative estimate of drug-likeness (QED) is 0.859. The van der Waals surface area contributed by atoms with E-state index in [0.717, 1.165) is 31.5 Å². The van der Waals surface area contributed by atoms with Gasteiger partial charge in [-0.3, -0.25) is 4.90 Å². The third-order valence-electron chi connectivity index (χ3n) is 3.77. The Morgan fingerprint density at radius 1 is 1.17 bits per heavy atom. The Hall–Kier alpha value is -1.22. The van der Waals surface area contributed by atoms with Crippen LogP contribution in [0.25, 0.3) is 0 Å². The lowest BCUT2D eigenvalue weighted by Crippen LogP contribution is -2.33. The van der Waals surface area contributed by atoms with Crippen molar-refractivity contribution in [3.8, 4) is 11.5 Å². The Labute approximate surface area is 109 Å². The van der Waals surface area contributed by atoms with E-state index in [9.17, 15) is 10.2 Å². The fourth-order valence-electron chi connectivity index (χ4n) is 2.85. The van der Waals surface area contributed by atoms with Gasteiger partial charge in [0.2, 0.25) is 0 Å². The summed E-state index contributed by atoms with van der Waals surface area (Å²) < 4.78 is 0. The highest BCUT2D eigenvalue weighted by atomic mass is 16.3. The first-order valence-electron chi connectivity index (χ1n) is 6.98. The molecule has 2 rings (SSSR count). The number of hydrogen-bond acceptors (Lipinski definition) is 3. The number of hydrogen-bond donors (Lipinski definition) is 2. The van der Waals surface area contributed by atoms with Crippen LogP contribution in [0.15, 0.2) is 18.2 Å². The standard InChI is InChI=1S/C15H23NO2/c1-2-6-14(16-9-4-3-5-10-16)13-8-7-12(17)11-15(13)18/h7-8,11,14,17-18H,2-6,9-10H2,1H3. The molecule has 0 radical (unpaired) electrons. The van der Waals surface area contributed by atoms with E-state index < -0.39 is 0 Å². The van der Waals surface area contributed by atoms with E-state index in [-0.39, 0.29) is 17.5 Å². The summed E-state index contributed by atoms with van der Waals surface area (Å²) in [5.41, 5.74) is 0.955. The van der Waals surface area contributed by atoms with E-state index in [2.05, 4.69) is 11.8 Å². The highest BCUT2D eigenvalue weighted by Gasteiger charge is 2.23. The third kappa shape index (κ3) is 2.96. The third-order valence-corrected chi connectivity index (χ3v) is 3.77. The normalized spacial score (nSPS) is 18.7. The summed E-state index contributed by atoms with van der Waals surface area (Å²) >= 11 is 0. The van der Waals surface area contributed by atoms with Gasteiger partial charge in [0.25, 0.3) is 0 Å². The van der Waals surface area contributed by atoms with Crippen molar-refractivity contribution in [3.05, 3.63) is 23.8 Å². The second-order valence-corrected chi connectivity index (χ2v) is 5.14. The summed E-state index contributed by atoms with van der Waals surface area (Å²) in [6.45, 7) is 4.41. The van der Waals surface area contributed by atoms with Gasteiger partial charge in [0.05, 0.1) is 0 Å². The van der Waals surface area contributed by atoms with Crippen molar-refractivity contribution in [2.75, 3.05) is 13.1 Å². The molecule has 18 heavy (non-hydrogen) atoms. The minimum atomic E-state index is 0.130. The van der Waals surface area contributed by atoms with Crippen LogP contribution in [0.4, 0.5) is 0 Å². The van der Waals surface area contributed by atoms with E-state index in [1.54, 1.807) is 6.07 Å². The zero-order valence-corrected chi connectivity index (χ0v) is 11.1. The molecular formula is C15H23NO2. The summed E-state index contributed by atoms with van der Waals surface area (Å²) in [7, 11) is 0. The van der Waals surface area contributed by atoms with Crippen molar-refractivity contribution in [2.45, 2.75) is 45.1 Å². The molecule has 1 unspecified atom stereocenters. The van der Waals surface area contributed by atoms with Crippen LogP contribution < -0.4 is 0 Å². The van der Waals surface area contributed by atoms with Gasteiger partial charge in [0, 0.05) is 17.7 Å². The van der Waals surface area contributed by atoms with Gasteiger partial charge in [-0.05, 0) is 38.4 Å². The fourth-order valence-corrected chi connectivity index (χ4v) is 2.85. The molecule has 3 nitrogen and oxygen atoms in total. The second kappa shape index (κ2) is 6.10. The first-order valence-corrected chi connectivity index (χ1v) is 6.98. The molecule has 0 aromatic heterocycles. The van der Waals surface area contributed by atoms with Gasteiger partial charge in [-0.2, -0.15) is 0 Å². The molecule has 0 spiro atoms. The number of aromatic hydroxyl groups is 2. The number of piperidine rings is 1. The average Bonchev–Trinajstić information content (AvgIpc) is 2.38. The van der Waals surface area contributed by atoms with Gasteiger partial charge in [0.1, 0.15) is 11.5 Å². The topological polar surface area (TPSA) is 43.7 Å². The largest absolute Gasteiger partial charge is 0.508 e. The van der Waals surface area contributed by atoms with Crippen LogP contribution in [0.3, 0.4) is 0 Å². The molecule has 0 amide bonds. The van der Waals surface area contributed by atoms with Crippen LogP contribution in [0.1, 0.15) is 50.6 Å². The van der Waals surface area contributed by atoms with Gasteiger partial charge in [-0.25, -0.2) is 0 Å². The zero-order chi connectivity index (χ0) is 13.0. The fraction of sp³-hybridized carbons (Fsp3) is 0.600. The van der Waals surface area contributed by atoms with Crippen molar-refractivity contribution >= 4 is 0 Å². The molecular weight excluding hydrogens is 226 g/mol. The summed E-state index contributed by atoms with van der Waals surface area (Å²) in [5, 5.41) is 19.4. The lowest BCUT2D eigenvalue weighted by Gasteiger charge is -2.35. The van der Waals surface area contributed by atoms with Gasteiger partial charge in [-0.15, -0.1) is 0 Å². The van der Waals surface area contributed by atoms with Gasteiger partial charge >= 0.3 is 0 Å². The molecule has 0 bridgehead atoms. The summed E-state index contributed by atoms with van der Waals surface area (Å²) in [5.74, 6) is 0.351. The second-order valence-electron chi connectivity index (χ2n) is 5.14. The molecule has 3 heteroatoms. The Balaban J connectivity index is 2.22. The van der Waals surface area contributed by atoms with Crippen LogP contribution >= 0.6 is 0 Å². The molecule has 1 aromatic rings. The minimum Gasteiger partial charge on any atom is -0.508 e. The lowest BCUT2D eigenvalue weighted by atomic mass is 9.97. The first-order chi connectivity index (χ1) is 8.72. The van der Waals surface area contributed by atoms with E-state index in [1.165, 1.54) is 25.3 Å². The van der Waals surface area contributed by atoms with Crippen LogP contribution in [0, 0.1) is 0 Å². The predicted octanol–water partition coefficient (Wildman–Crippen LogP) is 3.42. The van der Waals surface area contributed by atoms with Crippen molar-refractivity contribution < 1.29 is 10.2 Å². The lowest BCUT2D eigenvalue weighted by molar-refractivity contribution is 0.152. The summed E-state index contributed by atoms with van der Waals surface area (Å²) in [4.78, 5) is 2.47. The maximum Gasteiger partial charge on any atom is 0.124 e. The molecule has 0 saturated carbocycles. The highest BCUT2D eigenvalue weighted by Crippen LogP contribution is 2.35. The molecule has 1 atom stereocenters. The van der Waals surface area contributed by atoms with Gasteiger partial charge < -0.3 is 10.2 Å². The summed E-state index contributed by atoms with van der Waals surface area (Å²) in [6.07, 6.45) is 5.97. The number of benzene rings is 1. The van der Waals surface area contributed by atoms with E-state index in [0.29, 0.717) is 0 Å². The number of rotatable bonds is 4. The molecule has 2 N–H and O–H groups in total. The molecule has 1 saturated heterocycles. The highest BCUT2D eigenvalue weighted by molar-refractivity contribution is 5.40. The Bertz CT molecular complexity index is 386. The Morgan fingerprint density at radius 3 is 2.50 bits per heavy atom. The van der Waals surface area contributed by atoms with Crippen molar-refractivity contribution in [1.82, 2.24) is 4.90 Å². The summed E-state index contributed by atoms with van der Waals surface area (Å²) in [6, 6.07) is 5.26. The van der Waals surface area contributed by atoms with Gasteiger partial charge in [-0.1, -0.05) is 25.8 Å². The van der Waals surface area contributed by atoms with E-state index >= 15 is 0 Å². The van der Waals surface area contributed by atoms with Crippen molar-refractivity contribution in [2.24, 2.45) is 0 Å². The van der Waals surface area contributed by atoms with Gasteiger partial charge in [0.15, 0.2) is 0 Å². The number of phenolic OH excluding ortho intramolecular Hbond substituents is 2. The average molecular weight is 249 g/mol. The van der Waals surface area contributed by atoms with Crippen molar-refractivity contribution in [1.29, 1.82) is 0 Å².